The molecule has 0 heterocycles. The van der Waals surface area contributed by atoms with Crippen molar-refractivity contribution in [1.82, 2.24) is 5.32 Å². The Bertz CT molecular complexity index is 1250. The van der Waals surface area contributed by atoms with Crippen LogP contribution in [0.25, 0.3) is 0 Å². The average molecular weight is 1180 g/mol. The molecule has 3 N–H and O–H groups in total. The Morgan fingerprint density at radius 3 is 0.655 bits per heavy atom. The minimum atomic E-state index is -0.839. The monoisotopic (exact) mass is 1180 g/mol. The molecule has 0 bridgehead atoms. The quantitative estimate of drug-likeness (QED) is 0.0420. The third-order valence-corrected chi connectivity index (χ3v) is 18.9. The number of hydrogen-bond donors (Lipinski definition) is 3. The molecule has 0 aromatic carbocycles. The van der Waals surface area contributed by atoms with E-state index in [2.05, 4.69) is 31.3 Å². The number of rotatable bonds is 75. The molecule has 500 valence electrons. The van der Waals surface area contributed by atoms with Crippen molar-refractivity contribution in [3.05, 3.63) is 24.3 Å². The van der Waals surface area contributed by atoms with Gasteiger partial charge < -0.3 is 15.5 Å². The molecule has 0 aliphatic heterocycles. The lowest BCUT2D eigenvalue weighted by Gasteiger charge is -2.20. The van der Waals surface area contributed by atoms with E-state index in [4.69, 9.17) is 0 Å². The van der Waals surface area contributed by atoms with Crippen LogP contribution in [0.2, 0.25) is 0 Å². The third kappa shape index (κ3) is 71.6. The van der Waals surface area contributed by atoms with Crippen LogP contribution in [-0.4, -0.2) is 34.9 Å². The Labute approximate surface area is 529 Å². The Hall–Kier alpha value is -1.13. The smallest absolute Gasteiger partial charge is 0.220 e. The molecule has 2 unspecified atom stereocenters. The summed E-state index contributed by atoms with van der Waals surface area (Å²) in [7, 11) is 0. The number of aliphatic hydroxyl groups is 2. The van der Waals surface area contributed by atoms with Gasteiger partial charge in [-0.2, -0.15) is 0 Å². The van der Waals surface area contributed by atoms with Gasteiger partial charge in [0.15, 0.2) is 0 Å². The van der Waals surface area contributed by atoms with Gasteiger partial charge in [-0.3, -0.25) is 4.79 Å². The summed E-state index contributed by atoms with van der Waals surface area (Å²) in [4.78, 5) is 12.6. The zero-order chi connectivity index (χ0) is 60.5. The fourth-order valence-corrected chi connectivity index (χ4v) is 12.9. The van der Waals surface area contributed by atoms with E-state index in [0.717, 1.165) is 25.7 Å². The van der Waals surface area contributed by atoms with Gasteiger partial charge in [0.2, 0.25) is 5.91 Å². The number of carbonyl (C=O) groups excluding carboxylic acids is 1. The molecule has 0 aliphatic rings. The highest BCUT2D eigenvalue weighted by atomic mass is 16.3. The van der Waals surface area contributed by atoms with E-state index < -0.39 is 12.1 Å². The van der Waals surface area contributed by atoms with Crippen molar-refractivity contribution in [3.63, 3.8) is 0 Å². The van der Waals surface area contributed by atoms with Crippen molar-refractivity contribution in [2.75, 3.05) is 6.61 Å². The van der Waals surface area contributed by atoms with Gasteiger partial charge in [0.05, 0.1) is 18.8 Å². The topological polar surface area (TPSA) is 69.6 Å². The molecule has 0 saturated heterocycles. The van der Waals surface area contributed by atoms with Crippen LogP contribution in [0.3, 0.4) is 0 Å². The summed E-state index contributed by atoms with van der Waals surface area (Å²) in [5, 5.41) is 23.4. The fraction of sp³-hybridized carbons (Fsp3) is 0.938. The van der Waals surface area contributed by atoms with E-state index >= 15 is 0 Å². The van der Waals surface area contributed by atoms with E-state index in [1.54, 1.807) is 6.08 Å². The second kappa shape index (κ2) is 76.1. The number of aliphatic hydroxyl groups excluding tert-OH is 2. The van der Waals surface area contributed by atoms with Crippen LogP contribution >= 0.6 is 0 Å². The minimum absolute atomic E-state index is 0.0526. The molecule has 1 amide bonds. The van der Waals surface area contributed by atoms with Gasteiger partial charge in [-0.1, -0.05) is 436 Å². The van der Waals surface area contributed by atoms with Crippen LogP contribution in [0, 0.1) is 0 Å². The molecule has 0 saturated carbocycles. The van der Waals surface area contributed by atoms with E-state index in [-0.39, 0.29) is 12.5 Å². The second-order valence-electron chi connectivity index (χ2n) is 27.5. The van der Waals surface area contributed by atoms with Crippen LogP contribution in [-0.2, 0) is 4.79 Å². The number of carbonyl (C=O) groups is 1. The highest BCUT2D eigenvalue weighted by molar-refractivity contribution is 5.76. The van der Waals surface area contributed by atoms with Crippen molar-refractivity contribution in [1.29, 1.82) is 0 Å². The molecule has 0 spiro atoms. The number of allylic oxidation sites excluding steroid dienone is 3. The predicted octanol–water partition coefficient (Wildman–Crippen LogP) is 27.3. The zero-order valence-electron chi connectivity index (χ0n) is 58.0. The third-order valence-electron chi connectivity index (χ3n) is 18.9. The lowest BCUT2D eigenvalue weighted by atomic mass is 10.0. The average Bonchev–Trinajstić information content (AvgIpc) is 3.51. The molecule has 0 rings (SSSR count). The summed E-state index contributed by atoms with van der Waals surface area (Å²) < 4.78 is 0. The molecule has 0 radical (unpaired) electrons. The molecule has 2 atom stereocenters. The Balaban J connectivity index is 3.37. The molecule has 0 fully saturated rings. The SMILES string of the molecule is CCCCCCCCCC/C=C\CCCCCCCCCCCCCCCCCCCCCCCCCCCCCCCC(=O)NC(CO)C(O)/C=C/CCCCCCCCCCCCCCCCCCCCCCCCCCCCCCC. The lowest BCUT2D eigenvalue weighted by molar-refractivity contribution is -0.123. The van der Waals surface area contributed by atoms with Crippen LogP contribution in [0.5, 0.6) is 0 Å². The summed E-state index contributed by atoms with van der Waals surface area (Å²) in [6, 6.07) is -0.621. The van der Waals surface area contributed by atoms with Crippen LogP contribution in [0.15, 0.2) is 24.3 Å². The summed E-state index contributed by atoms with van der Waals surface area (Å²) >= 11 is 0. The van der Waals surface area contributed by atoms with Crippen molar-refractivity contribution >= 4 is 5.91 Å². The van der Waals surface area contributed by atoms with Crippen molar-refractivity contribution in [2.24, 2.45) is 0 Å². The maximum absolute atomic E-state index is 12.6. The van der Waals surface area contributed by atoms with Crippen molar-refractivity contribution in [3.8, 4) is 0 Å². The van der Waals surface area contributed by atoms with Gasteiger partial charge in [0.25, 0.3) is 0 Å². The highest BCUT2D eigenvalue weighted by Crippen LogP contribution is 2.20. The fourth-order valence-electron chi connectivity index (χ4n) is 12.9. The number of hydrogen-bond acceptors (Lipinski definition) is 3. The molecule has 84 heavy (non-hydrogen) atoms. The summed E-state index contributed by atoms with van der Waals surface area (Å²) in [5.74, 6) is -0.0526. The normalized spacial score (nSPS) is 12.7. The molecular weight excluding hydrogens is 1020 g/mol. The predicted molar refractivity (Wildman–Crippen MR) is 378 cm³/mol. The largest absolute Gasteiger partial charge is 0.394 e. The molecular formula is C80H157NO3. The van der Waals surface area contributed by atoms with E-state index in [1.807, 2.05) is 6.08 Å². The first kappa shape index (κ1) is 82.9. The van der Waals surface area contributed by atoms with Crippen LogP contribution in [0.4, 0.5) is 0 Å². The van der Waals surface area contributed by atoms with Gasteiger partial charge in [-0.25, -0.2) is 0 Å². The van der Waals surface area contributed by atoms with Gasteiger partial charge in [0, 0.05) is 6.42 Å². The van der Waals surface area contributed by atoms with E-state index in [0.29, 0.717) is 6.42 Å². The molecule has 0 aromatic heterocycles. The first-order valence-electron chi connectivity index (χ1n) is 39.6. The highest BCUT2D eigenvalue weighted by Gasteiger charge is 2.18. The summed E-state index contributed by atoms with van der Waals surface area (Å²) in [6.45, 7) is 4.37. The zero-order valence-corrected chi connectivity index (χ0v) is 58.0. The van der Waals surface area contributed by atoms with Gasteiger partial charge in [0.1, 0.15) is 0 Å². The van der Waals surface area contributed by atoms with Crippen molar-refractivity contribution < 1.29 is 15.0 Å². The molecule has 4 nitrogen and oxygen atoms in total. The number of unbranched alkanes of at least 4 members (excludes halogenated alkanes) is 66. The van der Waals surface area contributed by atoms with Crippen LogP contribution < -0.4 is 5.32 Å². The van der Waals surface area contributed by atoms with Gasteiger partial charge in [-0.15, -0.1) is 0 Å². The standard InChI is InChI=1S/C80H157NO3/c1-3-5-7-9-11-13-15-17-19-21-23-25-27-29-31-33-35-36-37-38-39-40-41-42-43-44-46-48-50-52-54-56-58-60-62-64-66-68-70-72-74-76-80(84)81-78(77-82)79(83)75-73-71-69-67-65-63-61-59-57-55-53-51-49-47-45-34-32-30-28-26-24-22-20-18-16-14-12-10-8-6-4-2/h21,23,73,75,78-79,82-83H,3-20,22,24-72,74,76-77H2,1-2H3,(H,81,84)/b23-21-,75-73+. The Morgan fingerprint density at radius 2 is 0.452 bits per heavy atom. The maximum Gasteiger partial charge on any atom is 0.220 e. The molecule has 0 aliphatic carbocycles. The van der Waals surface area contributed by atoms with Gasteiger partial charge in [-0.05, 0) is 44.9 Å². The number of nitrogens with one attached hydrogen (secondary N) is 1. The second-order valence-corrected chi connectivity index (χ2v) is 27.5. The Kier molecular flexibility index (Phi) is 75.1. The summed E-state index contributed by atoms with van der Waals surface area (Å²) in [5.41, 5.74) is 0. The van der Waals surface area contributed by atoms with Gasteiger partial charge >= 0.3 is 0 Å². The minimum Gasteiger partial charge on any atom is -0.394 e. The number of amides is 1. The molecule has 0 aromatic rings. The first-order valence-corrected chi connectivity index (χ1v) is 39.6. The maximum atomic E-state index is 12.6. The van der Waals surface area contributed by atoms with E-state index in [1.165, 1.54) is 417 Å². The van der Waals surface area contributed by atoms with E-state index in [9.17, 15) is 15.0 Å². The van der Waals surface area contributed by atoms with Crippen molar-refractivity contribution in [2.45, 2.75) is 475 Å². The Morgan fingerprint density at radius 1 is 0.274 bits per heavy atom. The lowest BCUT2D eigenvalue weighted by Crippen LogP contribution is -2.45. The summed E-state index contributed by atoms with van der Waals surface area (Å²) in [6.07, 6.45) is 105. The first-order chi connectivity index (χ1) is 41.7. The van der Waals surface area contributed by atoms with Crippen LogP contribution in [0.1, 0.15) is 463 Å². The molecule has 4 heteroatoms.